The van der Waals surface area contributed by atoms with E-state index in [2.05, 4.69) is 36.1 Å². The summed E-state index contributed by atoms with van der Waals surface area (Å²) in [6.07, 6.45) is 2.97. The average molecular weight is 229 g/mol. The Hall–Kier alpha value is -1.64. The van der Waals surface area contributed by atoms with Crippen molar-refractivity contribution < 1.29 is 0 Å². The van der Waals surface area contributed by atoms with E-state index in [1.54, 1.807) is 6.20 Å². The number of hydrogen-bond acceptors (Lipinski definition) is 3. The SMILES string of the molecule is CC[C@@H](C)[C@H](C)Nc1cnc2ccccc2n1. The van der Waals surface area contributed by atoms with Crippen LogP contribution in [0.2, 0.25) is 0 Å². The summed E-state index contributed by atoms with van der Waals surface area (Å²) in [7, 11) is 0. The van der Waals surface area contributed by atoms with Crippen LogP contribution in [-0.4, -0.2) is 16.0 Å². The van der Waals surface area contributed by atoms with Crippen molar-refractivity contribution in [3.63, 3.8) is 0 Å². The highest BCUT2D eigenvalue weighted by Crippen LogP contribution is 2.15. The number of anilines is 1. The van der Waals surface area contributed by atoms with Crippen LogP contribution in [0.4, 0.5) is 5.82 Å². The molecule has 0 saturated carbocycles. The van der Waals surface area contributed by atoms with Gasteiger partial charge >= 0.3 is 0 Å². The molecule has 1 aromatic heterocycles. The summed E-state index contributed by atoms with van der Waals surface area (Å²) in [5.74, 6) is 1.49. The fourth-order valence-corrected chi connectivity index (χ4v) is 1.76. The van der Waals surface area contributed by atoms with Crippen molar-refractivity contribution in [1.29, 1.82) is 0 Å². The fraction of sp³-hybridized carbons (Fsp3) is 0.429. The molecular formula is C14H19N3. The van der Waals surface area contributed by atoms with Gasteiger partial charge in [0.25, 0.3) is 0 Å². The van der Waals surface area contributed by atoms with E-state index < -0.39 is 0 Å². The lowest BCUT2D eigenvalue weighted by Gasteiger charge is -2.20. The number of para-hydroxylation sites is 2. The molecule has 0 amide bonds. The molecule has 0 aliphatic rings. The fourth-order valence-electron chi connectivity index (χ4n) is 1.76. The maximum atomic E-state index is 4.56. The van der Waals surface area contributed by atoms with Crippen molar-refractivity contribution >= 4 is 16.9 Å². The van der Waals surface area contributed by atoms with E-state index in [1.807, 2.05) is 24.3 Å². The molecule has 3 nitrogen and oxygen atoms in total. The summed E-state index contributed by atoms with van der Waals surface area (Å²) >= 11 is 0. The van der Waals surface area contributed by atoms with Crippen LogP contribution in [0.15, 0.2) is 30.5 Å². The van der Waals surface area contributed by atoms with Crippen LogP contribution >= 0.6 is 0 Å². The highest BCUT2D eigenvalue weighted by Gasteiger charge is 2.10. The molecule has 17 heavy (non-hydrogen) atoms. The molecule has 0 spiro atoms. The Morgan fingerprint density at radius 2 is 1.88 bits per heavy atom. The number of nitrogens with one attached hydrogen (secondary N) is 1. The summed E-state index contributed by atoms with van der Waals surface area (Å²) in [4.78, 5) is 8.95. The standard InChI is InChI=1S/C14H19N3/c1-4-10(2)11(3)16-14-9-15-12-7-5-6-8-13(12)17-14/h5-11H,4H2,1-3H3,(H,16,17)/t10-,11+/m1/s1. The molecule has 2 atom stereocenters. The van der Waals surface area contributed by atoms with Crippen molar-refractivity contribution in [2.45, 2.75) is 33.2 Å². The number of hydrogen-bond donors (Lipinski definition) is 1. The van der Waals surface area contributed by atoms with Gasteiger partial charge in [0.1, 0.15) is 5.82 Å². The number of fused-ring (bicyclic) bond motifs is 1. The third-order valence-electron chi connectivity index (χ3n) is 3.32. The summed E-state index contributed by atoms with van der Waals surface area (Å²) in [5.41, 5.74) is 1.88. The van der Waals surface area contributed by atoms with E-state index in [0.717, 1.165) is 23.3 Å². The van der Waals surface area contributed by atoms with E-state index in [0.29, 0.717) is 12.0 Å². The van der Waals surface area contributed by atoms with Crippen LogP contribution in [0, 0.1) is 5.92 Å². The topological polar surface area (TPSA) is 37.8 Å². The Balaban J connectivity index is 2.19. The van der Waals surface area contributed by atoms with Crippen molar-refractivity contribution in [3.05, 3.63) is 30.5 Å². The molecule has 1 aromatic carbocycles. The Kier molecular flexibility index (Phi) is 3.57. The maximum absolute atomic E-state index is 4.56. The van der Waals surface area contributed by atoms with Gasteiger partial charge in [-0.3, -0.25) is 4.98 Å². The lowest BCUT2D eigenvalue weighted by Crippen LogP contribution is -2.23. The van der Waals surface area contributed by atoms with Crippen LogP contribution in [0.3, 0.4) is 0 Å². The van der Waals surface area contributed by atoms with Crippen molar-refractivity contribution in [1.82, 2.24) is 9.97 Å². The maximum Gasteiger partial charge on any atom is 0.145 e. The minimum absolute atomic E-state index is 0.412. The van der Waals surface area contributed by atoms with Gasteiger partial charge in [-0.05, 0) is 25.0 Å². The van der Waals surface area contributed by atoms with Gasteiger partial charge in [0.05, 0.1) is 17.2 Å². The summed E-state index contributed by atoms with van der Waals surface area (Å²) in [6, 6.07) is 8.34. The molecule has 0 bridgehead atoms. The number of aromatic nitrogens is 2. The second-order valence-electron chi connectivity index (χ2n) is 4.56. The predicted molar refractivity (Wildman–Crippen MR) is 72.1 cm³/mol. The molecular weight excluding hydrogens is 210 g/mol. The van der Waals surface area contributed by atoms with E-state index in [1.165, 1.54) is 0 Å². The van der Waals surface area contributed by atoms with Gasteiger partial charge < -0.3 is 5.32 Å². The van der Waals surface area contributed by atoms with E-state index in [9.17, 15) is 0 Å². The zero-order valence-corrected chi connectivity index (χ0v) is 10.6. The van der Waals surface area contributed by atoms with Crippen LogP contribution in [-0.2, 0) is 0 Å². The highest BCUT2D eigenvalue weighted by atomic mass is 15.0. The molecule has 2 aromatic rings. The molecule has 1 N–H and O–H groups in total. The number of benzene rings is 1. The molecule has 0 unspecified atom stereocenters. The first kappa shape index (κ1) is 11.8. The van der Waals surface area contributed by atoms with E-state index in [4.69, 9.17) is 0 Å². The molecule has 0 aliphatic heterocycles. The van der Waals surface area contributed by atoms with Gasteiger partial charge in [-0.15, -0.1) is 0 Å². The lowest BCUT2D eigenvalue weighted by molar-refractivity contribution is 0.493. The van der Waals surface area contributed by atoms with Crippen LogP contribution < -0.4 is 5.32 Å². The molecule has 2 rings (SSSR count). The Morgan fingerprint density at radius 3 is 2.59 bits per heavy atom. The van der Waals surface area contributed by atoms with Crippen LogP contribution in [0.25, 0.3) is 11.0 Å². The second kappa shape index (κ2) is 5.13. The van der Waals surface area contributed by atoms with Crippen molar-refractivity contribution in [2.24, 2.45) is 5.92 Å². The number of rotatable bonds is 4. The highest BCUT2D eigenvalue weighted by molar-refractivity contribution is 5.75. The van der Waals surface area contributed by atoms with Crippen LogP contribution in [0.5, 0.6) is 0 Å². The first-order chi connectivity index (χ1) is 8.20. The zero-order valence-electron chi connectivity index (χ0n) is 10.6. The van der Waals surface area contributed by atoms with Crippen LogP contribution in [0.1, 0.15) is 27.2 Å². The van der Waals surface area contributed by atoms with Gasteiger partial charge in [0, 0.05) is 6.04 Å². The third kappa shape index (κ3) is 2.73. The zero-order chi connectivity index (χ0) is 12.3. The Labute approximate surface area is 102 Å². The number of nitrogens with zero attached hydrogens (tertiary/aromatic N) is 2. The molecule has 0 aliphatic carbocycles. The van der Waals surface area contributed by atoms with Gasteiger partial charge in [0.15, 0.2) is 0 Å². The van der Waals surface area contributed by atoms with Gasteiger partial charge in [-0.25, -0.2) is 4.98 Å². The monoisotopic (exact) mass is 229 g/mol. The summed E-state index contributed by atoms with van der Waals surface area (Å²) < 4.78 is 0. The average Bonchev–Trinajstić information content (AvgIpc) is 2.37. The van der Waals surface area contributed by atoms with Gasteiger partial charge in [0.2, 0.25) is 0 Å². The Bertz CT molecular complexity index is 496. The first-order valence-corrected chi connectivity index (χ1v) is 6.19. The first-order valence-electron chi connectivity index (χ1n) is 6.19. The molecule has 0 fully saturated rings. The van der Waals surface area contributed by atoms with Gasteiger partial charge in [-0.1, -0.05) is 32.4 Å². The van der Waals surface area contributed by atoms with Crippen molar-refractivity contribution in [3.8, 4) is 0 Å². The molecule has 90 valence electrons. The normalized spacial score (nSPS) is 14.5. The van der Waals surface area contributed by atoms with E-state index in [-0.39, 0.29) is 0 Å². The molecule has 1 heterocycles. The second-order valence-corrected chi connectivity index (χ2v) is 4.56. The minimum atomic E-state index is 0.412. The quantitative estimate of drug-likeness (QED) is 0.872. The Morgan fingerprint density at radius 1 is 1.18 bits per heavy atom. The van der Waals surface area contributed by atoms with Gasteiger partial charge in [-0.2, -0.15) is 0 Å². The molecule has 3 heteroatoms. The molecule has 0 saturated heterocycles. The lowest BCUT2D eigenvalue weighted by atomic mass is 10.0. The third-order valence-corrected chi connectivity index (χ3v) is 3.32. The van der Waals surface area contributed by atoms with E-state index >= 15 is 0 Å². The summed E-state index contributed by atoms with van der Waals surface area (Å²) in [5, 5.41) is 3.41. The smallest absolute Gasteiger partial charge is 0.145 e. The minimum Gasteiger partial charge on any atom is -0.366 e. The largest absolute Gasteiger partial charge is 0.366 e. The predicted octanol–water partition coefficient (Wildman–Crippen LogP) is 3.48. The molecule has 0 radical (unpaired) electrons. The summed E-state index contributed by atoms with van der Waals surface area (Å²) in [6.45, 7) is 6.63. The van der Waals surface area contributed by atoms with Crippen molar-refractivity contribution in [2.75, 3.05) is 5.32 Å².